The number of ether oxygens (including phenoxy) is 1. The maximum Gasteiger partial charge on any atom is 0.312 e. The number of piperazine rings is 1. The highest BCUT2D eigenvalue weighted by Crippen LogP contribution is 2.39. The number of carbonyl (C=O) groups excluding carboxylic acids is 2. The molecule has 2 aromatic carbocycles. The van der Waals surface area contributed by atoms with E-state index in [1.165, 1.54) is 19.2 Å². The number of nitrogens with zero attached hydrogens (tertiary/aromatic N) is 4. The third-order valence-electron chi connectivity index (χ3n) is 8.25. The van der Waals surface area contributed by atoms with Gasteiger partial charge in [0.15, 0.2) is 5.75 Å². The summed E-state index contributed by atoms with van der Waals surface area (Å²) in [6, 6.07) is 8.31. The molecule has 12 heteroatoms. The molecular weight excluding hydrogens is 585 g/mol. The zero-order chi connectivity index (χ0) is 28.4. The van der Waals surface area contributed by atoms with Crippen LogP contribution in [-0.4, -0.2) is 74.6 Å². The molecular formula is C28H33BrFN5O5. The molecule has 0 radical (unpaired) electrons. The van der Waals surface area contributed by atoms with Gasteiger partial charge in [0.05, 0.1) is 23.6 Å². The van der Waals surface area contributed by atoms with Gasteiger partial charge in [-0.05, 0) is 53.2 Å². The predicted molar refractivity (Wildman–Crippen MR) is 152 cm³/mol. The molecule has 1 N–H and O–H groups in total. The average molecular weight is 619 g/mol. The topological polar surface area (TPSA) is 108 Å². The van der Waals surface area contributed by atoms with Crippen LogP contribution in [0, 0.1) is 21.8 Å². The molecule has 3 aliphatic heterocycles. The molecule has 2 aromatic rings. The summed E-state index contributed by atoms with van der Waals surface area (Å²) in [7, 11) is 1.44. The number of amides is 2. The molecule has 3 heterocycles. The number of benzene rings is 2. The number of nitrogens with one attached hydrogen (secondary N) is 1. The van der Waals surface area contributed by atoms with Crippen molar-refractivity contribution in [1.29, 1.82) is 0 Å². The van der Waals surface area contributed by atoms with E-state index in [9.17, 15) is 24.1 Å². The Hall–Kier alpha value is -3.25. The minimum Gasteiger partial charge on any atom is -0.490 e. The number of hydrogen-bond acceptors (Lipinski definition) is 8. The fourth-order valence-corrected chi connectivity index (χ4v) is 6.56. The summed E-state index contributed by atoms with van der Waals surface area (Å²) >= 11 is 3.50. The lowest BCUT2D eigenvalue weighted by Gasteiger charge is -2.40. The van der Waals surface area contributed by atoms with E-state index in [2.05, 4.69) is 35.9 Å². The lowest BCUT2D eigenvalue weighted by Crippen LogP contribution is -2.49. The van der Waals surface area contributed by atoms with E-state index in [0.29, 0.717) is 22.4 Å². The standard InChI is InChI=1S/C28H33BrFN5O5/c1-40-26-16-24(22(29)15-25(26)35(38)39)34-8-6-18(7-9-34)17-32-10-12-33(13-11-32)19-2-3-20(23(30)14-19)21-4-5-27(36)31-28(21)37/h2-3,14-16,18,21H,4-13,17H2,1H3,(H,31,36,37). The van der Waals surface area contributed by atoms with Crippen molar-refractivity contribution in [3.05, 3.63) is 56.3 Å². The van der Waals surface area contributed by atoms with E-state index in [1.807, 2.05) is 6.07 Å². The van der Waals surface area contributed by atoms with Gasteiger partial charge < -0.3 is 14.5 Å². The molecule has 40 heavy (non-hydrogen) atoms. The Bertz CT molecular complexity index is 1290. The quantitative estimate of drug-likeness (QED) is 0.281. The number of carbonyl (C=O) groups is 2. The molecule has 1 atom stereocenters. The largest absolute Gasteiger partial charge is 0.490 e. The van der Waals surface area contributed by atoms with Crippen LogP contribution in [0.25, 0.3) is 0 Å². The Morgan fingerprint density at radius 2 is 1.77 bits per heavy atom. The van der Waals surface area contributed by atoms with Gasteiger partial charge in [-0.2, -0.15) is 0 Å². The van der Waals surface area contributed by atoms with Crippen LogP contribution in [0.2, 0.25) is 0 Å². The van der Waals surface area contributed by atoms with Gasteiger partial charge in [0.25, 0.3) is 0 Å². The van der Waals surface area contributed by atoms with Crippen LogP contribution in [0.3, 0.4) is 0 Å². The molecule has 0 spiro atoms. The fourth-order valence-electron chi connectivity index (χ4n) is 5.98. The minimum absolute atomic E-state index is 0.0554. The van der Waals surface area contributed by atoms with E-state index < -0.39 is 22.6 Å². The number of hydrogen-bond donors (Lipinski definition) is 1. The number of nitro groups is 1. The van der Waals surface area contributed by atoms with Gasteiger partial charge in [-0.3, -0.25) is 29.9 Å². The number of imide groups is 1. The van der Waals surface area contributed by atoms with Crippen molar-refractivity contribution in [2.24, 2.45) is 5.92 Å². The average Bonchev–Trinajstić information content (AvgIpc) is 2.94. The first-order valence-corrected chi connectivity index (χ1v) is 14.4. The third kappa shape index (κ3) is 6.07. The molecule has 1 unspecified atom stereocenters. The Morgan fingerprint density at radius 1 is 1.05 bits per heavy atom. The summed E-state index contributed by atoms with van der Waals surface area (Å²) in [6.45, 7) is 6.11. The maximum atomic E-state index is 15.0. The molecule has 0 aliphatic carbocycles. The number of piperidine rings is 2. The summed E-state index contributed by atoms with van der Waals surface area (Å²) in [5, 5.41) is 13.6. The molecule has 3 fully saturated rings. The number of methoxy groups -OCH3 is 1. The normalized spacial score (nSPS) is 20.9. The van der Waals surface area contributed by atoms with Crippen molar-refractivity contribution in [2.75, 3.05) is 62.7 Å². The van der Waals surface area contributed by atoms with Gasteiger partial charge >= 0.3 is 5.69 Å². The lowest BCUT2D eigenvalue weighted by atomic mass is 9.90. The third-order valence-corrected chi connectivity index (χ3v) is 8.89. The molecule has 0 bridgehead atoms. The number of nitro benzene ring substituents is 1. The molecule has 10 nitrogen and oxygen atoms in total. The highest BCUT2D eigenvalue weighted by Gasteiger charge is 2.31. The maximum absolute atomic E-state index is 15.0. The van der Waals surface area contributed by atoms with Crippen molar-refractivity contribution in [3.63, 3.8) is 0 Å². The van der Waals surface area contributed by atoms with E-state index in [1.54, 1.807) is 12.1 Å². The second-order valence-electron chi connectivity index (χ2n) is 10.7. The highest BCUT2D eigenvalue weighted by molar-refractivity contribution is 9.10. The van der Waals surface area contributed by atoms with Crippen LogP contribution in [0.4, 0.5) is 21.5 Å². The lowest BCUT2D eigenvalue weighted by molar-refractivity contribution is -0.385. The zero-order valence-electron chi connectivity index (χ0n) is 22.4. The van der Waals surface area contributed by atoms with Crippen LogP contribution < -0.4 is 19.9 Å². The van der Waals surface area contributed by atoms with Crippen LogP contribution in [-0.2, 0) is 9.59 Å². The van der Waals surface area contributed by atoms with E-state index >= 15 is 0 Å². The molecule has 214 valence electrons. The van der Waals surface area contributed by atoms with Crippen LogP contribution in [0.1, 0.15) is 37.2 Å². The predicted octanol–water partition coefficient (Wildman–Crippen LogP) is 4.06. The zero-order valence-corrected chi connectivity index (χ0v) is 24.0. The first-order valence-electron chi connectivity index (χ1n) is 13.6. The Morgan fingerprint density at radius 3 is 2.40 bits per heavy atom. The summed E-state index contributed by atoms with van der Waals surface area (Å²) in [4.78, 5) is 41.3. The molecule has 3 aliphatic rings. The van der Waals surface area contributed by atoms with Crippen molar-refractivity contribution >= 4 is 44.8 Å². The van der Waals surface area contributed by atoms with Crippen molar-refractivity contribution < 1.29 is 23.6 Å². The number of anilines is 2. The molecule has 3 saturated heterocycles. The van der Waals surface area contributed by atoms with E-state index in [-0.39, 0.29) is 23.8 Å². The van der Waals surface area contributed by atoms with Gasteiger partial charge in [0.2, 0.25) is 11.8 Å². The molecule has 0 saturated carbocycles. The molecule has 0 aromatic heterocycles. The Kier molecular flexibility index (Phi) is 8.55. The van der Waals surface area contributed by atoms with Gasteiger partial charge in [-0.15, -0.1) is 0 Å². The summed E-state index contributed by atoms with van der Waals surface area (Å²) < 4.78 is 20.9. The number of rotatable bonds is 7. The second kappa shape index (κ2) is 12.1. The first kappa shape index (κ1) is 28.3. The van der Waals surface area contributed by atoms with Crippen molar-refractivity contribution in [3.8, 4) is 5.75 Å². The highest BCUT2D eigenvalue weighted by atomic mass is 79.9. The van der Waals surface area contributed by atoms with Crippen LogP contribution in [0.15, 0.2) is 34.8 Å². The minimum atomic E-state index is -0.626. The number of halogens is 2. The van der Waals surface area contributed by atoms with Gasteiger partial charge in [0, 0.05) is 80.1 Å². The fraction of sp³-hybridized carbons (Fsp3) is 0.500. The molecule has 5 rings (SSSR count). The Balaban J connectivity index is 1.11. The first-order chi connectivity index (χ1) is 19.2. The Labute approximate surface area is 240 Å². The summed E-state index contributed by atoms with van der Waals surface area (Å²) in [5.74, 6) is -0.945. The summed E-state index contributed by atoms with van der Waals surface area (Å²) in [5.41, 5.74) is 2.01. The van der Waals surface area contributed by atoms with E-state index in [0.717, 1.165) is 70.0 Å². The van der Waals surface area contributed by atoms with Crippen molar-refractivity contribution in [1.82, 2.24) is 10.2 Å². The van der Waals surface area contributed by atoms with Crippen LogP contribution in [0.5, 0.6) is 5.75 Å². The smallest absolute Gasteiger partial charge is 0.312 e. The molecule has 2 amide bonds. The van der Waals surface area contributed by atoms with Crippen molar-refractivity contribution in [2.45, 2.75) is 31.6 Å². The van der Waals surface area contributed by atoms with E-state index in [4.69, 9.17) is 4.74 Å². The SMILES string of the molecule is COc1cc(N2CCC(CN3CCN(c4ccc(C5CCC(=O)NC5=O)c(F)c4)CC3)CC2)c(Br)cc1[N+](=O)[O-]. The van der Waals surface area contributed by atoms with Gasteiger partial charge in [0.1, 0.15) is 5.82 Å². The second-order valence-corrected chi connectivity index (χ2v) is 11.5. The summed E-state index contributed by atoms with van der Waals surface area (Å²) in [6.07, 6.45) is 2.61. The van der Waals surface area contributed by atoms with Crippen LogP contribution >= 0.6 is 15.9 Å². The van der Waals surface area contributed by atoms with Gasteiger partial charge in [-0.1, -0.05) is 6.07 Å². The van der Waals surface area contributed by atoms with Gasteiger partial charge in [-0.25, -0.2) is 4.39 Å². The monoisotopic (exact) mass is 617 g/mol.